The van der Waals surface area contributed by atoms with Crippen LogP contribution in [0.1, 0.15) is 30.4 Å². The van der Waals surface area contributed by atoms with Crippen LogP contribution in [0.4, 0.5) is 19.0 Å². The fraction of sp³-hybridized carbons (Fsp3) is 0.667. The number of nitrogens with one attached hydrogen (secondary N) is 1. The number of nitrogens with zero attached hydrogens (tertiary/aromatic N) is 2. The Hall–Kier alpha value is -1.30. The van der Waals surface area contributed by atoms with Gasteiger partial charge in [-0.25, -0.2) is 4.98 Å². The van der Waals surface area contributed by atoms with Crippen molar-refractivity contribution >= 4 is 5.82 Å². The molecule has 0 fully saturated rings. The van der Waals surface area contributed by atoms with Crippen LogP contribution >= 0.6 is 0 Å². The van der Waals surface area contributed by atoms with Crippen molar-refractivity contribution in [2.75, 3.05) is 31.6 Å². The van der Waals surface area contributed by atoms with Crippen LogP contribution in [0, 0.1) is 0 Å². The number of fused-ring (bicyclic) bond motifs is 1. The lowest BCUT2D eigenvalue weighted by molar-refractivity contribution is -0.134. The van der Waals surface area contributed by atoms with Gasteiger partial charge < -0.3 is 10.2 Å². The SMILES string of the molecule is CNCCCN1CCCc2c(CCC(F)(F)F)ccnc21. The van der Waals surface area contributed by atoms with Gasteiger partial charge in [-0.15, -0.1) is 0 Å². The molecular weight excluding hydrogens is 279 g/mol. The summed E-state index contributed by atoms with van der Waals surface area (Å²) >= 11 is 0. The van der Waals surface area contributed by atoms with Gasteiger partial charge in [0, 0.05) is 25.7 Å². The highest BCUT2D eigenvalue weighted by Crippen LogP contribution is 2.30. The molecule has 0 radical (unpaired) electrons. The number of aryl methyl sites for hydroxylation is 1. The van der Waals surface area contributed by atoms with Gasteiger partial charge in [0.25, 0.3) is 0 Å². The number of rotatable bonds is 6. The first-order chi connectivity index (χ1) is 10.0. The molecule has 0 unspecified atom stereocenters. The standard InChI is InChI=1S/C15H22F3N3/c1-19-8-3-11-21-10-2-4-13-12(5-7-15(16,17)18)6-9-20-14(13)21/h6,9,19H,2-5,7-8,10-11H2,1H3. The molecular formula is C15H22F3N3. The average Bonchev–Trinajstić information content (AvgIpc) is 2.45. The van der Waals surface area contributed by atoms with E-state index in [-0.39, 0.29) is 6.42 Å². The molecule has 3 nitrogen and oxygen atoms in total. The van der Waals surface area contributed by atoms with Crippen LogP contribution in [0.15, 0.2) is 12.3 Å². The van der Waals surface area contributed by atoms with Gasteiger partial charge in [0.05, 0.1) is 0 Å². The molecule has 1 aromatic heterocycles. The zero-order valence-electron chi connectivity index (χ0n) is 12.3. The number of hydrogen-bond acceptors (Lipinski definition) is 3. The second-order valence-electron chi connectivity index (χ2n) is 5.44. The van der Waals surface area contributed by atoms with Crippen molar-refractivity contribution < 1.29 is 13.2 Å². The fourth-order valence-electron chi connectivity index (χ4n) is 2.79. The molecule has 0 bridgehead atoms. The maximum atomic E-state index is 12.4. The molecule has 6 heteroatoms. The molecule has 0 amide bonds. The lowest BCUT2D eigenvalue weighted by Crippen LogP contribution is -2.33. The summed E-state index contributed by atoms with van der Waals surface area (Å²) in [5, 5.41) is 3.11. The van der Waals surface area contributed by atoms with Crippen LogP contribution < -0.4 is 10.2 Å². The number of pyridine rings is 1. The zero-order chi connectivity index (χ0) is 15.3. The van der Waals surface area contributed by atoms with Gasteiger partial charge >= 0.3 is 6.18 Å². The second kappa shape index (κ2) is 7.11. The van der Waals surface area contributed by atoms with Gasteiger partial charge in [-0.2, -0.15) is 13.2 Å². The van der Waals surface area contributed by atoms with Crippen LogP contribution in [0.5, 0.6) is 0 Å². The van der Waals surface area contributed by atoms with Gasteiger partial charge in [0.2, 0.25) is 0 Å². The highest BCUT2D eigenvalue weighted by atomic mass is 19.4. The third-order valence-electron chi connectivity index (χ3n) is 3.82. The Balaban J connectivity index is 2.10. The summed E-state index contributed by atoms with van der Waals surface area (Å²) in [5.74, 6) is 0.886. The monoisotopic (exact) mass is 301 g/mol. The van der Waals surface area contributed by atoms with Gasteiger partial charge in [-0.05, 0) is 56.5 Å². The molecule has 0 atom stereocenters. The quantitative estimate of drug-likeness (QED) is 0.819. The van der Waals surface area contributed by atoms with Gasteiger partial charge in [0.1, 0.15) is 5.82 Å². The Labute approximate surface area is 123 Å². The van der Waals surface area contributed by atoms with E-state index in [9.17, 15) is 13.2 Å². The van der Waals surface area contributed by atoms with E-state index >= 15 is 0 Å². The minimum Gasteiger partial charge on any atom is -0.356 e. The lowest BCUT2D eigenvalue weighted by Gasteiger charge is -2.31. The van der Waals surface area contributed by atoms with Gasteiger partial charge in [0.15, 0.2) is 0 Å². The highest BCUT2D eigenvalue weighted by molar-refractivity contribution is 5.52. The smallest absolute Gasteiger partial charge is 0.356 e. The first-order valence-corrected chi connectivity index (χ1v) is 7.44. The maximum Gasteiger partial charge on any atom is 0.389 e. The van der Waals surface area contributed by atoms with Crippen molar-refractivity contribution in [2.45, 2.75) is 38.3 Å². The number of anilines is 1. The largest absolute Gasteiger partial charge is 0.389 e. The molecule has 1 aliphatic heterocycles. The van der Waals surface area contributed by atoms with Crippen molar-refractivity contribution in [3.05, 3.63) is 23.4 Å². The molecule has 2 rings (SSSR count). The molecule has 1 N–H and O–H groups in total. The van der Waals surface area contributed by atoms with Crippen LogP contribution in [-0.2, 0) is 12.8 Å². The van der Waals surface area contributed by atoms with Crippen molar-refractivity contribution in [1.82, 2.24) is 10.3 Å². The molecule has 118 valence electrons. The van der Waals surface area contributed by atoms with Crippen LogP contribution in [-0.4, -0.2) is 37.8 Å². The Kier molecular flexibility index (Phi) is 5.45. The molecule has 0 aliphatic carbocycles. The zero-order valence-corrected chi connectivity index (χ0v) is 12.3. The molecule has 0 spiro atoms. The summed E-state index contributed by atoms with van der Waals surface area (Å²) in [5.41, 5.74) is 1.81. The van der Waals surface area contributed by atoms with E-state index in [0.717, 1.165) is 55.8 Å². The minimum absolute atomic E-state index is 0.0543. The van der Waals surface area contributed by atoms with E-state index in [2.05, 4.69) is 15.2 Å². The number of aromatic nitrogens is 1. The van der Waals surface area contributed by atoms with E-state index < -0.39 is 12.6 Å². The minimum atomic E-state index is -4.10. The second-order valence-corrected chi connectivity index (χ2v) is 5.44. The normalized spacial score (nSPS) is 15.1. The predicted molar refractivity (Wildman–Crippen MR) is 77.7 cm³/mol. The highest BCUT2D eigenvalue weighted by Gasteiger charge is 2.28. The molecule has 2 heterocycles. The van der Waals surface area contributed by atoms with E-state index in [1.165, 1.54) is 0 Å². The first-order valence-electron chi connectivity index (χ1n) is 7.44. The fourth-order valence-corrected chi connectivity index (χ4v) is 2.79. The summed E-state index contributed by atoms with van der Waals surface area (Å²) in [6.07, 6.45) is -0.347. The molecule has 0 saturated carbocycles. The predicted octanol–water partition coefficient (Wildman–Crippen LogP) is 2.94. The third kappa shape index (κ3) is 4.59. The van der Waals surface area contributed by atoms with E-state index in [4.69, 9.17) is 0 Å². The third-order valence-corrected chi connectivity index (χ3v) is 3.82. The molecule has 1 aliphatic rings. The van der Waals surface area contributed by atoms with Crippen LogP contribution in [0.25, 0.3) is 0 Å². The molecule has 0 saturated heterocycles. The van der Waals surface area contributed by atoms with Gasteiger partial charge in [-0.1, -0.05) is 0 Å². The summed E-state index contributed by atoms with van der Waals surface area (Å²) < 4.78 is 37.3. The molecule has 0 aromatic carbocycles. The van der Waals surface area contributed by atoms with E-state index in [1.807, 2.05) is 7.05 Å². The summed E-state index contributed by atoms with van der Waals surface area (Å²) in [7, 11) is 1.91. The van der Waals surface area contributed by atoms with Crippen molar-refractivity contribution in [3.8, 4) is 0 Å². The van der Waals surface area contributed by atoms with Crippen molar-refractivity contribution in [3.63, 3.8) is 0 Å². The number of alkyl halides is 3. The lowest BCUT2D eigenvalue weighted by atomic mass is 9.97. The molecule has 1 aromatic rings. The molecule has 21 heavy (non-hydrogen) atoms. The summed E-state index contributed by atoms with van der Waals surface area (Å²) in [6.45, 7) is 2.76. The van der Waals surface area contributed by atoms with Crippen molar-refractivity contribution in [1.29, 1.82) is 0 Å². The van der Waals surface area contributed by atoms with E-state index in [1.54, 1.807) is 12.3 Å². The maximum absolute atomic E-state index is 12.4. The average molecular weight is 301 g/mol. The Bertz CT molecular complexity index is 460. The van der Waals surface area contributed by atoms with E-state index in [0.29, 0.717) is 0 Å². The summed E-state index contributed by atoms with van der Waals surface area (Å²) in [4.78, 5) is 6.61. The van der Waals surface area contributed by atoms with Crippen LogP contribution in [0.3, 0.4) is 0 Å². The van der Waals surface area contributed by atoms with Gasteiger partial charge in [-0.3, -0.25) is 0 Å². The number of hydrogen-bond donors (Lipinski definition) is 1. The summed E-state index contributed by atoms with van der Waals surface area (Å²) in [6, 6.07) is 1.74. The van der Waals surface area contributed by atoms with Crippen molar-refractivity contribution in [2.24, 2.45) is 0 Å². The Morgan fingerprint density at radius 2 is 2.19 bits per heavy atom. The van der Waals surface area contributed by atoms with Crippen LogP contribution in [0.2, 0.25) is 0 Å². The Morgan fingerprint density at radius 3 is 2.90 bits per heavy atom. The first kappa shape index (κ1) is 16.1. The number of halogens is 3. The Morgan fingerprint density at radius 1 is 1.38 bits per heavy atom. The topological polar surface area (TPSA) is 28.2 Å².